The van der Waals surface area contributed by atoms with E-state index in [-0.39, 0.29) is 6.10 Å². The topological polar surface area (TPSA) is 23.5 Å². The van der Waals surface area contributed by atoms with Crippen LogP contribution in [-0.2, 0) is 0 Å². The van der Waals surface area contributed by atoms with Gasteiger partial charge in [-0.15, -0.1) is 0 Å². The highest BCUT2D eigenvalue weighted by Gasteiger charge is 2.15. The summed E-state index contributed by atoms with van der Waals surface area (Å²) in [6.07, 6.45) is 0.654. The third-order valence-corrected chi connectivity index (χ3v) is 1.19. The van der Waals surface area contributed by atoms with Gasteiger partial charge in [-0.2, -0.15) is 0 Å². The molecular formula is C5H9NO. The summed E-state index contributed by atoms with van der Waals surface area (Å²) in [5, 5.41) is 8.78. The second kappa shape index (κ2) is 1.80. The molecule has 1 fully saturated rings. The number of hydrogen-bond donors (Lipinski definition) is 1. The minimum Gasteiger partial charge on any atom is -0.392 e. The first-order chi connectivity index (χ1) is 3.29. The molecule has 2 radical (unpaired) electrons. The van der Waals surface area contributed by atoms with Gasteiger partial charge in [0.05, 0.1) is 6.10 Å². The van der Waals surface area contributed by atoms with E-state index in [0.717, 1.165) is 13.0 Å². The number of aliphatic hydroxyl groups is 1. The highest BCUT2D eigenvalue weighted by atomic mass is 16.3. The molecule has 0 spiro atoms. The largest absolute Gasteiger partial charge is 0.392 e. The van der Waals surface area contributed by atoms with E-state index in [0.29, 0.717) is 6.54 Å². The van der Waals surface area contributed by atoms with Crippen molar-refractivity contribution in [2.45, 2.75) is 12.5 Å². The van der Waals surface area contributed by atoms with E-state index in [4.69, 9.17) is 12.2 Å². The van der Waals surface area contributed by atoms with Crippen LogP contribution < -0.4 is 0 Å². The van der Waals surface area contributed by atoms with E-state index in [1.807, 2.05) is 0 Å². The van der Waals surface area contributed by atoms with Crippen LogP contribution in [0.25, 0.3) is 0 Å². The number of aliphatic hydroxyl groups excluding tert-OH is 1. The van der Waals surface area contributed by atoms with Crippen LogP contribution >= 0.6 is 0 Å². The van der Waals surface area contributed by atoms with Gasteiger partial charge >= 0.3 is 0 Å². The monoisotopic (exact) mass is 99.1 g/mol. The Balaban J connectivity index is 2.26. The summed E-state index contributed by atoms with van der Waals surface area (Å²) in [7, 11) is 5.30. The first kappa shape index (κ1) is 5.06. The Bertz CT molecular complexity index is 57.1. The first-order valence-corrected chi connectivity index (χ1v) is 2.47. The zero-order valence-electron chi connectivity index (χ0n) is 4.17. The number of hydrogen-bond acceptors (Lipinski definition) is 2. The van der Waals surface area contributed by atoms with Gasteiger partial charge in [0, 0.05) is 20.1 Å². The molecule has 1 N–H and O–H groups in total. The molecule has 0 aromatic rings. The lowest BCUT2D eigenvalue weighted by Gasteiger charge is -2.01. The lowest BCUT2D eigenvalue weighted by Crippen LogP contribution is -2.13. The predicted octanol–water partition coefficient (Wildman–Crippen LogP) is -0.278. The van der Waals surface area contributed by atoms with Gasteiger partial charge in [-0.05, 0) is 6.42 Å². The Morgan fingerprint density at radius 1 is 1.71 bits per heavy atom. The molecule has 40 valence electrons. The lowest BCUT2D eigenvalue weighted by atomic mass is 10.3. The van der Waals surface area contributed by atoms with Crippen molar-refractivity contribution in [1.82, 2.24) is 4.90 Å². The molecule has 1 atom stereocenters. The molecule has 0 aliphatic carbocycles. The summed E-state index contributed by atoms with van der Waals surface area (Å²) < 4.78 is 0. The van der Waals surface area contributed by atoms with Crippen LogP contribution in [0.5, 0.6) is 0 Å². The van der Waals surface area contributed by atoms with Crippen LogP contribution in [0.15, 0.2) is 0 Å². The molecule has 0 bridgehead atoms. The summed E-state index contributed by atoms with van der Waals surface area (Å²) in [4.78, 5) is 1.63. The molecule has 0 aromatic heterocycles. The number of likely N-dealkylation sites (tertiary alicyclic amines) is 1. The Morgan fingerprint density at radius 2 is 2.43 bits per heavy atom. The van der Waals surface area contributed by atoms with Gasteiger partial charge in [0.15, 0.2) is 0 Å². The van der Waals surface area contributed by atoms with Crippen LogP contribution in [0.1, 0.15) is 6.42 Å². The Morgan fingerprint density at radius 3 is 2.57 bits per heavy atom. The predicted molar refractivity (Wildman–Crippen MR) is 26.5 cm³/mol. The van der Waals surface area contributed by atoms with E-state index >= 15 is 0 Å². The van der Waals surface area contributed by atoms with Gasteiger partial charge in [-0.3, -0.25) is 4.90 Å². The third kappa shape index (κ3) is 1.14. The highest BCUT2D eigenvalue weighted by Crippen LogP contribution is 2.05. The summed E-state index contributed by atoms with van der Waals surface area (Å²) >= 11 is 0. The molecule has 1 unspecified atom stereocenters. The molecule has 1 aliphatic rings. The van der Waals surface area contributed by atoms with Gasteiger partial charge in [0.2, 0.25) is 0 Å². The summed E-state index contributed by atoms with van der Waals surface area (Å²) in [6.45, 7) is 1.47. The van der Waals surface area contributed by atoms with Crippen molar-refractivity contribution in [1.29, 1.82) is 0 Å². The van der Waals surface area contributed by atoms with Crippen molar-refractivity contribution in [2.24, 2.45) is 0 Å². The highest BCUT2D eigenvalue weighted by molar-refractivity contribution is 4.72. The minimum absolute atomic E-state index is 0.176. The average molecular weight is 99.1 g/mol. The quantitative estimate of drug-likeness (QED) is 0.451. The van der Waals surface area contributed by atoms with Gasteiger partial charge in [0.1, 0.15) is 0 Å². The molecule has 1 heterocycles. The molecule has 0 aromatic carbocycles. The maximum absolute atomic E-state index is 8.78. The number of nitrogens with zero attached hydrogens (tertiary/aromatic N) is 1. The lowest BCUT2D eigenvalue weighted by molar-refractivity contribution is 0.185. The van der Waals surface area contributed by atoms with E-state index in [1.165, 1.54) is 0 Å². The van der Waals surface area contributed by atoms with Gasteiger partial charge < -0.3 is 5.11 Å². The second-order valence-corrected chi connectivity index (χ2v) is 1.94. The van der Waals surface area contributed by atoms with E-state index in [9.17, 15) is 0 Å². The van der Waals surface area contributed by atoms with Gasteiger partial charge in [-0.25, -0.2) is 0 Å². The third-order valence-electron chi connectivity index (χ3n) is 1.19. The molecule has 1 aliphatic heterocycles. The van der Waals surface area contributed by atoms with E-state index < -0.39 is 0 Å². The molecule has 2 heteroatoms. The number of rotatable bonds is 0. The minimum atomic E-state index is -0.176. The molecular weight excluding hydrogens is 90.1 g/mol. The fraction of sp³-hybridized carbons (Fsp3) is 0.800. The van der Waals surface area contributed by atoms with Crippen molar-refractivity contribution >= 4 is 0 Å². The van der Waals surface area contributed by atoms with Crippen molar-refractivity contribution < 1.29 is 5.11 Å². The van der Waals surface area contributed by atoms with Crippen LogP contribution in [0.3, 0.4) is 0 Å². The van der Waals surface area contributed by atoms with Crippen molar-refractivity contribution in [3.05, 3.63) is 7.05 Å². The van der Waals surface area contributed by atoms with Crippen LogP contribution in [0.2, 0.25) is 0 Å². The molecule has 0 amide bonds. The van der Waals surface area contributed by atoms with Crippen molar-refractivity contribution in [3.8, 4) is 0 Å². The molecule has 1 rings (SSSR count). The fourth-order valence-corrected chi connectivity index (χ4v) is 0.768. The summed E-state index contributed by atoms with van der Waals surface area (Å²) in [5.41, 5.74) is 0. The van der Waals surface area contributed by atoms with E-state index in [2.05, 4.69) is 0 Å². The second-order valence-electron chi connectivity index (χ2n) is 1.94. The molecule has 1 saturated heterocycles. The van der Waals surface area contributed by atoms with Gasteiger partial charge in [0.25, 0.3) is 0 Å². The Kier molecular flexibility index (Phi) is 1.30. The Labute approximate surface area is 43.7 Å². The summed E-state index contributed by atoms with van der Waals surface area (Å²) in [6, 6.07) is 0. The zero-order valence-corrected chi connectivity index (χ0v) is 4.17. The fourth-order valence-electron chi connectivity index (χ4n) is 0.768. The molecule has 7 heavy (non-hydrogen) atoms. The van der Waals surface area contributed by atoms with E-state index in [1.54, 1.807) is 4.90 Å². The van der Waals surface area contributed by atoms with Crippen molar-refractivity contribution in [3.63, 3.8) is 0 Å². The maximum Gasteiger partial charge on any atom is 0.0679 e. The van der Waals surface area contributed by atoms with Crippen LogP contribution in [0, 0.1) is 7.05 Å². The van der Waals surface area contributed by atoms with Gasteiger partial charge in [-0.1, -0.05) is 0 Å². The zero-order chi connectivity index (χ0) is 5.28. The normalized spacial score (nSPS) is 34.3. The standard InChI is InChI=1S/C5H9NO/c1-6-3-2-5(7)4-6/h1,5,7H,2-4H2. The SMILES string of the molecule is [CH]N1CCC(O)C1. The summed E-state index contributed by atoms with van der Waals surface area (Å²) in [5.74, 6) is 0. The number of β-amino-alcohol motifs (C(OH)–C–C–N with tert-alkyl or cyclic N) is 1. The first-order valence-electron chi connectivity index (χ1n) is 2.47. The van der Waals surface area contributed by atoms with Crippen molar-refractivity contribution in [2.75, 3.05) is 13.1 Å². The average Bonchev–Trinajstić information content (AvgIpc) is 1.87. The molecule has 2 nitrogen and oxygen atoms in total. The molecule has 0 saturated carbocycles. The maximum atomic E-state index is 8.78. The van der Waals surface area contributed by atoms with Crippen LogP contribution in [0.4, 0.5) is 0 Å². The smallest absolute Gasteiger partial charge is 0.0679 e. The Hall–Kier alpha value is -0.0800. The van der Waals surface area contributed by atoms with Crippen LogP contribution in [-0.4, -0.2) is 29.2 Å².